The number of hydrogen-bond acceptors (Lipinski definition) is 3. The highest BCUT2D eigenvalue weighted by Crippen LogP contribution is 2.47. The fourth-order valence-electron chi connectivity index (χ4n) is 3.96. The van der Waals surface area contributed by atoms with Gasteiger partial charge in [0.05, 0.1) is 11.5 Å². The fourth-order valence-corrected chi connectivity index (χ4v) is 3.96. The van der Waals surface area contributed by atoms with Gasteiger partial charge < -0.3 is 5.11 Å². The van der Waals surface area contributed by atoms with Crippen LogP contribution in [0.1, 0.15) is 51.4 Å². The number of hydrogen-bond donors (Lipinski definition) is 1. The molecule has 0 aromatic carbocycles. The molecule has 0 aromatic heterocycles. The van der Waals surface area contributed by atoms with Crippen molar-refractivity contribution in [3.05, 3.63) is 0 Å². The summed E-state index contributed by atoms with van der Waals surface area (Å²) in [6.07, 6.45) is 6.62. The molecular formula is C14H21NO3. The van der Waals surface area contributed by atoms with E-state index < -0.39 is 0 Å². The Kier molecular flexibility index (Phi) is 2.93. The van der Waals surface area contributed by atoms with E-state index in [1.165, 1.54) is 4.90 Å². The van der Waals surface area contributed by atoms with E-state index in [0.717, 1.165) is 44.9 Å². The molecule has 3 rings (SSSR count). The molecule has 2 unspecified atom stereocenters. The van der Waals surface area contributed by atoms with Crippen LogP contribution in [0.2, 0.25) is 0 Å². The minimum absolute atomic E-state index is 0.0169. The van der Waals surface area contributed by atoms with Gasteiger partial charge in [0.25, 0.3) is 0 Å². The summed E-state index contributed by atoms with van der Waals surface area (Å²) >= 11 is 0. The molecule has 1 N–H and O–H groups in total. The second kappa shape index (κ2) is 4.34. The summed E-state index contributed by atoms with van der Waals surface area (Å²) in [6, 6.07) is 0. The van der Waals surface area contributed by atoms with E-state index in [9.17, 15) is 14.7 Å². The molecule has 1 spiro atoms. The van der Waals surface area contributed by atoms with Gasteiger partial charge in [-0.3, -0.25) is 14.5 Å². The second-order valence-corrected chi connectivity index (χ2v) is 6.31. The van der Waals surface area contributed by atoms with Crippen molar-refractivity contribution in [3.63, 3.8) is 0 Å². The number of likely N-dealkylation sites (tertiary alicyclic amines) is 1. The van der Waals surface area contributed by atoms with Gasteiger partial charge in [-0.25, -0.2) is 0 Å². The second-order valence-electron chi connectivity index (χ2n) is 6.31. The van der Waals surface area contributed by atoms with E-state index in [1.54, 1.807) is 0 Å². The number of aliphatic hydroxyl groups is 1. The predicted molar refractivity (Wildman–Crippen MR) is 65.6 cm³/mol. The van der Waals surface area contributed by atoms with Crippen molar-refractivity contribution in [2.45, 2.75) is 57.5 Å². The third kappa shape index (κ3) is 1.87. The number of amides is 2. The van der Waals surface area contributed by atoms with Crippen LogP contribution < -0.4 is 0 Å². The Labute approximate surface area is 107 Å². The molecule has 2 atom stereocenters. The van der Waals surface area contributed by atoms with E-state index in [2.05, 4.69) is 0 Å². The highest BCUT2D eigenvalue weighted by atomic mass is 16.3. The molecule has 1 saturated heterocycles. The molecule has 0 bridgehead atoms. The highest BCUT2D eigenvalue weighted by Gasteiger charge is 2.52. The van der Waals surface area contributed by atoms with Gasteiger partial charge >= 0.3 is 0 Å². The van der Waals surface area contributed by atoms with Crippen molar-refractivity contribution < 1.29 is 14.7 Å². The zero-order valence-corrected chi connectivity index (χ0v) is 10.7. The van der Waals surface area contributed by atoms with E-state index in [0.29, 0.717) is 18.9 Å². The number of imide groups is 1. The van der Waals surface area contributed by atoms with Crippen molar-refractivity contribution in [2.24, 2.45) is 11.3 Å². The van der Waals surface area contributed by atoms with Crippen LogP contribution in [0.5, 0.6) is 0 Å². The first kappa shape index (κ1) is 12.2. The van der Waals surface area contributed by atoms with Crippen molar-refractivity contribution in [1.29, 1.82) is 0 Å². The summed E-state index contributed by atoms with van der Waals surface area (Å²) in [6.45, 7) is 0.538. The molecule has 0 aromatic rings. The molecule has 100 valence electrons. The smallest absolute Gasteiger partial charge is 0.235 e. The van der Waals surface area contributed by atoms with Crippen LogP contribution in [0.3, 0.4) is 0 Å². The van der Waals surface area contributed by atoms with Gasteiger partial charge in [-0.1, -0.05) is 12.8 Å². The van der Waals surface area contributed by atoms with Crippen LogP contribution in [0, 0.1) is 11.3 Å². The van der Waals surface area contributed by atoms with Crippen LogP contribution >= 0.6 is 0 Å². The molecule has 2 amide bonds. The van der Waals surface area contributed by atoms with Gasteiger partial charge in [0.2, 0.25) is 11.8 Å². The molecule has 0 radical (unpaired) electrons. The lowest BCUT2D eigenvalue weighted by Gasteiger charge is -2.23. The molecule has 18 heavy (non-hydrogen) atoms. The van der Waals surface area contributed by atoms with Gasteiger partial charge in [0, 0.05) is 13.0 Å². The average Bonchev–Trinajstić information content (AvgIpc) is 2.99. The number of rotatable bonds is 2. The molecular weight excluding hydrogens is 230 g/mol. The summed E-state index contributed by atoms with van der Waals surface area (Å²) in [5, 5.41) is 9.52. The predicted octanol–water partition coefficient (Wildman–Crippen LogP) is 1.47. The largest absolute Gasteiger partial charge is 0.393 e. The number of aliphatic hydroxyl groups excluding tert-OH is 1. The lowest BCUT2D eigenvalue weighted by molar-refractivity contribution is -0.142. The Bertz CT molecular complexity index is 373. The van der Waals surface area contributed by atoms with Gasteiger partial charge in [-0.2, -0.15) is 0 Å². The van der Waals surface area contributed by atoms with Crippen molar-refractivity contribution in [2.75, 3.05) is 6.54 Å². The maximum Gasteiger partial charge on any atom is 0.235 e. The molecule has 4 nitrogen and oxygen atoms in total. The molecule has 2 saturated carbocycles. The van der Waals surface area contributed by atoms with Crippen LogP contribution in [-0.2, 0) is 9.59 Å². The Balaban J connectivity index is 1.69. The first-order chi connectivity index (χ1) is 8.61. The summed E-state index contributed by atoms with van der Waals surface area (Å²) in [4.78, 5) is 26.0. The van der Waals surface area contributed by atoms with E-state index in [-0.39, 0.29) is 23.3 Å². The maximum absolute atomic E-state index is 12.5. The van der Waals surface area contributed by atoms with Crippen molar-refractivity contribution >= 4 is 11.8 Å². The average molecular weight is 251 g/mol. The van der Waals surface area contributed by atoms with Gasteiger partial charge in [0.1, 0.15) is 0 Å². The van der Waals surface area contributed by atoms with Crippen LogP contribution in [-0.4, -0.2) is 34.5 Å². The number of carbonyl (C=O) groups is 2. The minimum Gasteiger partial charge on any atom is -0.393 e. The molecule has 1 heterocycles. The quantitative estimate of drug-likeness (QED) is 0.756. The standard InChI is InChI=1S/C14H21NO3/c16-11-4-3-10(7-11)9-15-12(17)8-14(13(15)18)5-1-2-6-14/h10-11,16H,1-9H2. The topological polar surface area (TPSA) is 57.6 Å². The zero-order chi connectivity index (χ0) is 12.8. The first-order valence-corrected chi connectivity index (χ1v) is 7.14. The Hall–Kier alpha value is -0.900. The maximum atomic E-state index is 12.5. The Morgan fingerprint density at radius 3 is 2.56 bits per heavy atom. The summed E-state index contributed by atoms with van der Waals surface area (Å²) in [5.41, 5.74) is -0.339. The molecule has 1 aliphatic heterocycles. The molecule has 3 fully saturated rings. The fraction of sp³-hybridized carbons (Fsp3) is 0.857. The third-order valence-electron chi connectivity index (χ3n) is 5.00. The Morgan fingerprint density at radius 1 is 1.22 bits per heavy atom. The summed E-state index contributed by atoms with van der Waals surface area (Å²) in [5.74, 6) is 0.402. The number of nitrogens with zero attached hydrogens (tertiary/aromatic N) is 1. The van der Waals surface area contributed by atoms with Crippen LogP contribution in [0.15, 0.2) is 0 Å². The van der Waals surface area contributed by atoms with E-state index >= 15 is 0 Å². The van der Waals surface area contributed by atoms with Crippen molar-refractivity contribution in [1.82, 2.24) is 4.90 Å². The minimum atomic E-state index is -0.339. The van der Waals surface area contributed by atoms with Crippen molar-refractivity contribution in [3.8, 4) is 0 Å². The lowest BCUT2D eigenvalue weighted by atomic mass is 9.84. The normalized spacial score (nSPS) is 35.1. The first-order valence-electron chi connectivity index (χ1n) is 7.14. The lowest BCUT2D eigenvalue weighted by Crippen LogP contribution is -2.37. The zero-order valence-electron chi connectivity index (χ0n) is 10.7. The number of carbonyl (C=O) groups excluding carboxylic acids is 2. The molecule has 2 aliphatic carbocycles. The van der Waals surface area contributed by atoms with Gasteiger partial charge in [-0.05, 0) is 38.0 Å². The summed E-state index contributed by atoms with van der Waals surface area (Å²) < 4.78 is 0. The monoisotopic (exact) mass is 251 g/mol. The van der Waals surface area contributed by atoms with E-state index in [1.807, 2.05) is 0 Å². The van der Waals surface area contributed by atoms with Gasteiger partial charge in [-0.15, -0.1) is 0 Å². The summed E-state index contributed by atoms with van der Waals surface area (Å²) in [7, 11) is 0. The molecule has 3 aliphatic rings. The van der Waals surface area contributed by atoms with Gasteiger partial charge in [0.15, 0.2) is 0 Å². The van der Waals surface area contributed by atoms with Crippen LogP contribution in [0.4, 0.5) is 0 Å². The Morgan fingerprint density at radius 2 is 1.94 bits per heavy atom. The SMILES string of the molecule is O=C1CC2(CCCC2)C(=O)N1CC1CCC(O)C1. The third-order valence-corrected chi connectivity index (χ3v) is 5.00. The van der Waals surface area contributed by atoms with E-state index in [4.69, 9.17) is 0 Å². The van der Waals surface area contributed by atoms with Crippen LogP contribution in [0.25, 0.3) is 0 Å². The molecule has 4 heteroatoms. The highest BCUT2D eigenvalue weighted by molar-refractivity contribution is 6.06.